The number of amides is 1. The average molecular weight is 362 g/mol. The number of hydrogen-bond acceptors (Lipinski definition) is 6. The van der Waals surface area contributed by atoms with Crippen molar-refractivity contribution in [1.29, 1.82) is 0 Å². The van der Waals surface area contributed by atoms with Crippen molar-refractivity contribution < 1.29 is 18.4 Å². The van der Waals surface area contributed by atoms with Crippen molar-refractivity contribution in [2.75, 3.05) is 19.8 Å². The molecule has 0 aromatic rings. The average Bonchev–Trinajstić information content (AvgIpc) is 2.51. The third-order valence-electron chi connectivity index (χ3n) is 3.60. The van der Waals surface area contributed by atoms with Gasteiger partial charge in [-0.05, 0) is 34.1 Å². The van der Waals surface area contributed by atoms with Crippen molar-refractivity contribution in [2.45, 2.75) is 46.5 Å². The lowest BCUT2D eigenvalue weighted by atomic mass is 10.2. The van der Waals surface area contributed by atoms with Gasteiger partial charge in [0.1, 0.15) is 0 Å². The van der Waals surface area contributed by atoms with E-state index in [4.69, 9.17) is 9.05 Å². The maximum absolute atomic E-state index is 13.0. The highest BCUT2D eigenvalue weighted by Gasteiger charge is 2.34. The third-order valence-corrected chi connectivity index (χ3v) is 6.41. The SMILES string of the molecule is CCOP(=O)(OCC)/C(C)=C(/CC)N1C=CC(=O)N(CC)C1S. The van der Waals surface area contributed by atoms with E-state index in [1.807, 2.05) is 18.7 Å². The number of allylic oxidation sites excluding steroid dienone is 2. The van der Waals surface area contributed by atoms with E-state index in [1.54, 1.807) is 31.9 Å². The van der Waals surface area contributed by atoms with E-state index < -0.39 is 13.1 Å². The quantitative estimate of drug-likeness (QED) is 0.526. The molecule has 0 radical (unpaired) electrons. The van der Waals surface area contributed by atoms with Crippen molar-refractivity contribution in [3.63, 3.8) is 0 Å². The molecule has 6 nitrogen and oxygen atoms in total. The molecule has 1 heterocycles. The minimum Gasteiger partial charge on any atom is -0.321 e. The molecule has 1 amide bonds. The molecule has 1 aliphatic heterocycles. The number of likely N-dealkylation sites (N-methyl/N-ethyl adjacent to an activating group) is 1. The Morgan fingerprint density at radius 3 is 2.26 bits per heavy atom. The van der Waals surface area contributed by atoms with Crippen LogP contribution in [-0.4, -0.2) is 41.0 Å². The number of rotatable bonds is 8. The molecule has 132 valence electrons. The second kappa shape index (κ2) is 8.92. The lowest BCUT2D eigenvalue weighted by molar-refractivity contribution is -0.129. The van der Waals surface area contributed by atoms with Crippen LogP contribution in [0.3, 0.4) is 0 Å². The number of carbonyl (C=O) groups is 1. The first kappa shape index (κ1) is 20.3. The molecule has 0 fully saturated rings. The van der Waals surface area contributed by atoms with E-state index in [2.05, 4.69) is 12.6 Å². The normalized spacial score (nSPS) is 20.1. The van der Waals surface area contributed by atoms with E-state index in [9.17, 15) is 9.36 Å². The van der Waals surface area contributed by atoms with Crippen LogP contribution in [0.25, 0.3) is 0 Å². The highest BCUT2D eigenvalue weighted by Crippen LogP contribution is 2.57. The van der Waals surface area contributed by atoms with E-state index in [0.717, 1.165) is 5.70 Å². The van der Waals surface area contributed by atoms with Crippen molar-refractivity contribution in [1.82, 2.24) is 9.80 Å². The van der Waals surface area contributed by atoms with Gasteiger partial charge in [0.15, 0.2) is 5.50 Å². The smallest absolute Gasteiger partial charge is 0.321 e. The molecule has 0 saturated heterocycles. The second-order valence-corrected chi connectivity index (χ2v) is 7.56. The molecule has 0 aromatic heterocycles. The zero-order chi connectivity index (χ0) is 17.6. The minimum atomic E-state index is -3.35. The Labute approximate surface area is 144 Å². The fraction of sp³-hybridized carbons (Fsp3) is 0.667. The molecule has 1 unspecified atom stereocenters. The lowest BCUT2D eigenvalue weighted by Crippen LogP contribution is -2.48. The summed E-state index contributed by atoms with van der Waals surface area (Å²) < 4.78 is 23.9. The Morgan fingerprint density at radius 2 is 1.83 bits per heavy atom. The summed E-state index contributed by atoms with van der Waals surface area (Å²) in [6.45, 7) is 10.3. The topological polar surface area (TPSA) is 59.1 Å². The highest BCUT2D eigenvalue weighted by molar-refractivity contribution is 7.80. The molecule has 0 N–H and O–H groups in total. The molecular weight excluding hydrogens is 335 g/mol. The number of thiol groups is 1. The first-order valence-corrected chi connectivity index (χ1v) is 9.96. The van der Waals surface area contributed by atoms with Crippen LogP contribution in [-0.2, 0) is 18.4 Å². The molecule has 1 atom stereocenters. The van der Waals surface area contributed by atoms with Gasteiger partial charge in [-0.25, -0.2) is 0 Å². The van der Waals surface area contributed by atoms with Gasteiger partial charge in [-0.2, -0.15) is 0 Å². The molecular formula is C15H27N2O4PS. The monoisotopic (exact) mass is 362 g/mol. The molecule has 1 rings (SSSR count). The summed E-state index contributed by atoms with van der Waals surface area (Å²) in [5.41, 5.74) is 0.344. The van der Waals surface area contributed by atoms with Gasteiger partial charge in [-0.3, -0.25) is 9.36 Å². The number of carbonyl (C=O) groups excluding carboxylic acids is 1. The van der Waals surface area contributed by atoms with Crippen LogP contribution in [0.5, 0.6) is 0 Å². The van der Waals surface area contributed by atoms with Crippen LogP contribution in [0.1, 0.15) is 41.0 Å². The summed E-state index contributed by atoms with van der Waals surface area (Å²) >= 11 is 4.55. The first-order chi connectivity index (χ1) is 10.9. The Bertz CT molecular complexity index is 526. The van der Waals surface area contributed by atoms with Crippen LogP contribution in [0, 0.1) is 0 Å². The molecule has 0 aromatic carbocycles. The second-order valence-electron chi connectivity index (χ2n) is 4.91. The molecule has 0 bridgehead atoms. The van der Waals surface area contributed by atoms with E-state index >= 15 is 0 Å². The van der Waals surface area contributed by atoms with Gasteiger partial charge < -0.3 is 18.8 Å². The van der Waals surface area contributed by atoms with Gasteiger partial charge in [-0.15, -0.1) is 12.6 Å². The zero-order valence-electron chi connectivity index (χ0n) is 14.5. The van der Waals surface area contributed by atoms with Crippen LogP contribution in [0.2, 0.25) is 0 Å². The van der Waals surface area contributed by atoms with Crippen molar-refractivity contribution in [2.24, 2.45) is 0 Å². The van der Waals surface area contributed by atoms with E-state index in [0.29, 0.717) is 31.5 Å². The Kier molecular flexibility index (Phi) is 7.87. The van der Waals surface area contributed by atoms with Crippen LogP contribution >= 0.6 is 20.2 Å². The van der Waals surface area contributed by atoms with Crippen molar-refractivity contribution in [3.8, 4) is 0 Å². The third kappa shape index (κ3) is 4.41. The summed E-state index contributed by atoms with van der Waals surface area (Å²) in [7, 11) is -3.35. The molecule has 23 heavy (non-hydrogen) atoms. The summed E-state index contributed by atoms with van der Waals surface area (Å²) in [5, 5.41) is 0.554. The van der Waals surface area contributed by atoms with Crippen LogP contribution < -0.4 is 0 Å². The predicted molar refractivity (Wildman–Crippen MR) is 95.0 cm³/mol. The Balaban J connectivity index is 3.31. The van der Waals surface area contributed by atoms with Gasteiger partial charge in [0, 0.05) is 24.5 Å². The fourth-order valence-corrected chi connectivity index (χ4v) is 4.71. The summed E-state index contributed by atoms with van der Waals surface area (Å²) in [6, 6.07) is 0. The van der Waals surface area contributed by atoms with Crippen molar-refractivity contribution >= 4 is 26.1 Å². The Hall–Kier alpha value is -0.750. The van der Waals surface area contributed by atoms with E-state index in [1.165, 1.54) is 6.08 Å². The van der Waals surface area contributed by atoms with Gasteiger partial charge in [0.2, 0.25) is 5.91 Å². The fourth-order valence-electron chi connectivity index (χ4n) is 2.48. The van der Waals surface area contributed by atoms with Gasteiger partial charge in [0.25, 0.3) is 0 Å². The van der Waals surface area contributed by atoms with Gasteiger partial charge in [0.05, 0.1) is 18.5 Å². The molecule has 8 heteroatoms. The highest BCUT2D eigenvalue weighted by atomic mass is 32.1. The molecule has 1 aliphatic rings. The first-order valence-electron chi connectivity index (χ1n) is 7.90. The lowest BCUT2D eigenvalue weighted by Gasteiger charge is -2.40. The predicted octanol–water partition coefficient (Wildman–Crippen LogP) is 3.79. The maximum Gasteiger partial charge on any atom is 0.358 e. The standard InChI is InChI=1S/C15H27N2O4PS/c1-6-13(12(5)22(19,20-8-3)21-9-4)17-11-10-14(18)16(7-2)15(17)23/h10-11,15,23H,6-9H2,1-5H3/b13-12-. The van der Waals surface area contributed by atoms with Gasteiger partial charge >= 0.3 is 7.60 Å². The summed E-state index contributed by atoms with van der Waals surface area (Å²) in [4.78, 5) is 15.4. The van der Waals surface area contributed by atoms with Crippen molar-refractivity contribution in [3.05, 3.63) is 23.3 Å². The molecule has 0 saturated carbocycles. The van der Waals surface area contributed by atoms with E-state index in [-0.39, 0.29) is 5.91 Å². The van der Waals surface area contributed by atoms with Gasteiger partial charge in [-0.1, -0.05) is 6.92 Å². The Morgan fingerprint density at radius 1 is 1.26 bits per heavy atom. The minimum absolute atomic E-state index is 0.0883. The van der Waals surface area contributed by atoms with Crippen LogP contribution in [0.4, 0.5) is 0 Å². The number of nitrogens with zero attached hydrogens (tertiary/aromatic N) is 2. The molecule has 0 spiro atoms. The summed E-state index contributed by atoms with van der Waals surface area (Å²) in [6.07, 6.45) is 3.78. The zero-order valence-corrected chi connectivity index (χ0v) is 16.3. The summed E-state index contributed by atoms with van der Waals surface area (Å²) in [5.74, 6) is -0.0883. The largest absolute Gasteiger partial charge is 0.358 e. The maximum atomic E-state index is 13.0. The number of hydrogen-bond donors (Lipinski definition) is 1. The van der Waals surface area contributed by atoms with Crippen LogP contribution in [0.15, 0.2) is 23.3 Å². The molecule has 0 aliphatic carbocycles.